The van der Waals surface area contributed by atoms with Crippen molar-refractivity contribution in [2.24, 2.45) is 40.4 Å². The van der Waals surface area contributed by atoms with Crippen molar-refractivity contribution in [1.82, 2.24) is 0 Å². The Hall–Kier alpha value is -0.950. The summed E-state index contributed by atoms with van der Waals surface area (Å²) in [5, 5.41) is 19.0. The monoisotopic (exact) mass is 345 g/mol. The summed E-state index contributed by atoms with van der Waals surface area (Å²) in [4.78, 5) is 15.6. The third-order valence-electron chi connectivity index (χ3n) is 9.25. The number of hydrogen-bond acceptors (Lipinski definition) is 3. The minimum absolute atomic E-state index is 0.0290. The molecule has 0 amide bonds. The predicted molar refractivity (Wildman–Crippen MR) is 96.2 cm³/mol. The second kappa shape index (κ2) is 6.05. The molecule has 1 N–H and O–H groups in total. The molecule has 0 spiro atoms. The van der Waals surface area contributed by atoms with E-state index in [1.54, 1.807) is 0 Å². The Morgan fingerprint density at radius 1 is 1.04 bits per heavy atom. The second-order valence-electron chi connectivity index (χ2n) is 10.0. The lowest BCUT2D eigenvalue weighted by Crippen LogP contribution is -2.54. The number of aliphatic hydroxyl groups is 1. The number of hydrogen-bond donors (Lipinski definition) is 1. The van der Waals surface area contributed by atoms with Crippen molar-refractivity contribution >= 4 is 5.78 Å². The largest absolute Gasteiger partial charge is 0.393 e. The Morgan fingerprint density at radius 3 is 2.52 bits per heavy atom. The standard InChI is InChI=1S/C21H33N2O2/c1-20-9-7-14(24)11-13(20)3-4-15-16-5-6-18(19(25)12-23-22)21(16,2)10-8-17(15)20/h13-18,24H,3-12H2,1-2H3/q+1. The van der Waals surface area contributed by atoms with Crippen LogP contribution in [-0.4, -0.2) is 23.5 Å². The number of diazo groups is 1. The first-order valence-electron chi connectivity index (χ1n) is 10.4. The van der Waals surface area contributed by atoms with Crippen molar-refractivity contribution in [3.05, 3.63) is 4.98 Å². The molecule has 0 aromatic heterocycles. The van der Waals surface area contributed by atoms with E-state index in [4.69, 9.17) is 5.39 Å². The Bertz CT molecular complexity index is 599. The summed E-state index contributed by atoms with van der Waals surface area (Å²) in [5.74, 6) is 3.10. The second-order valence-corrected chi connectivity index (χ2v) is 10.0. The highest BCUT2D eigenvalue weighted by molar-refractivity contribution is 5.85. The van der Waals surface area contributed by atoms with Crippen LogP contribution in [-0.2, 0) is 4.79 Å². The van der Waals surface area contributed by atoms with E-state index in [0.717, 1.165) is 37.5 Å². The van der Waals surface area contributed by atoms with E-state index in [9.17, 15) is 9.90 Å². The SMILES string of the molecule is CC12CCC(O)CC1CCC1C2CCC2(C)C(C(=O)C[N+]#N)CCC12. The van der Waals surface area contributed by atoms with Crippen molar-refractivity contribution in [3.63, 3.8) is 0 Å². The van der Waals surface area contributed by atoms with E-state index in [1.807, 2.05) is 0 Å². The first kappa shape index (κ1) is 17.5. The number of Topliss-reactive ketones (excluding diaryl/α,β-unsaturated/α-hetero) is 1. The molecular formula is C21H33N2O2+. The number of rotatable bonds is 2. The number of nitrogens with zero attached hydrogens (tertiary/aromatic N) is 2. The predicted octanol–water partition coefficient (Wildman–Crippen LogP) is 4.43. The van der Waals surface area contributed by atoms with Crippen LogP contribution >= 0.6 is 0 Å². The molecule has 25 heavy (non-hydrogen) atoms. The normalized spacial score (nSPS) is 51.8. The molecule has 0 aromatic carbocycles. The highest BCUT2D eigenvalue weighted by atomic mass is 16.3. The fourth-order valence-electron chi connectivity index (χ4n) is 7.94. The molecular weight excluding hydrogens is 312 g/mol. The molecule has 0 aliphatic heterocycles. The summed E-state index contributed by atoms with van der Waals surface area (Å²) < 4.78 is 0. The van der Waals surface area contributed by atoms with E-state index < -0.39 is 0 Å². The van der Waals surface area contributed by atoms with Crippen LogP contribution in [0.2, 0.25) is 0 Å². The van der Waals surface area contributed by atoms with Gasteiger partial charge in [-0.05, 0) is 92.3 Å². The molecule has 4 fully saturated rings. The molecule has 4 heteroatoms. The van der Waals surface area contributed by atoms with Gasteiger partial charge in [0.25, 0.3) is 0 Å². The van der Waals surface area contributed by atoms with E-state index in [0.29, 0.717) is 17.3 Å². The van der Waals surface area contributed by atoms with E-state index in [1.165, 1.54) is 32.1 Å². The van der Waals surface area contributed by atoms with Crippen molar-refractivity contribution in [2.45, 2.75) is 77.7 Å². The summed E-state index contributed by atoms with van der Waals surface area (Å²) in [5.41, 5.74) is 0.506. The number of aliphatic hydroxyl groups excluding tert-OH is 1. The third-order valence-corrected chi connectivity index (χ3v) is 9.25. The summed E-state index contributed by atoms with van der Waals surface area (Å²) in [7, 11) is 0. The van der Waals surface area contributed by atoms with Crippen molar-refractivity contribution < 1.29 is 9.90 Å². The number of carbonyl (C=O) groups is 1. The average molecular weight is 346 g/mol. The van der Waals surface area contributed by atoms with Gasteiger partial charge in [-0.25, -0.2) is 0 Å². The zero-order chi connectivity index (χ0) is 17.8. The minimum atomic E-state index is -0.0841. The molecule has 0 saturated heterocycles. The van der Waals surface area contributed by atoms with Crippen LogP contribution in [0.25, 0.3) is 4.98 Å². The van der Waals surface area contributed by atoms with Crippen molar-refractivity contribution in [2.75, 3.05) is 6.54 Å². The Morgan fingerprint density at radius 2 is 1.76 bits per heavy atom. The molecule has 0 radical (unpaired) electrons. The smallest absolute Gasteiger partial charge is 0.362 e. The van der Waals surface area contributed by atoms with Gasteiger partial charge in [-0.1, -0.05) is 13.8 Å². The first-order chi connectivity index (χ1) is 11.9. The summed E-state index contributed by atoms with van der Waals surface area (Å²) in [6, 6.07) is 0. The lowest BCUT2D eigenvalue weighted by molar-refractivity contribution is -0.138. The Balaban J connectivity index is 1.58. The van der Waals surface area contributed by atoms with Gasteiger partial charge in [0, 0.05) is 5.92 Å². The topological polar surface area (TPSA) is 65.4 Å². The molecule has 8 unspecified atom stereocenters. The van der Waals surface area contributed by atoms with Gasteiger partial charge in [-0.2, -0.15) is 0 Å². The summed E-state index contributed by atoms with van der Waals surface area (Å²) in [6.45, 7) is 4.82. The molecule has 8 atom stereocenters. The minimum Gasteiger partial charge on any atom is -0.393 e. The Kier molecular flexibility index (Phi) is 4.22. The molecule has 4 saturated carbocycles. The molecule has 4 aliphatic rings. The van der Waals surface area contributed by atoms with Crippen molar-refractivity contribution in [1.29, 1.82) is 5.39 Å². The van der Waals surface area contributed by atoms with Gasteiger partial charge in [0.2, 0.25) is 11.2 Å². The van der Waals surface area contributed by atoms with Crippen LogP contribution in [0.15, 0.2) is 0 Å². The maximum atomic E-state index is 12.5. The number of fused-ring (bicyclic) bond motifs is 5. The molecule has 0 heterocycles. The Labute approximate surface area is 151 Å². The fraction of sp³-hybridized carbons (Fsp3) is 0.952. The van der Waals surface area contributed by atoms with Gasteiger partial charge in [0.1, 0.15) is 4.98 Å². The van der Waals surface area contributed by atoms with Crippen LogP contribution in [0.3, 0.4) is 0 Å². The first-order valence-corrected chi connectivity index (χ1v) is 10.4. The molecule has 4 aliphatic carbocycles. The molecule has 4 nitrogen and oxygen atoms in total. The zero-order valence-corrected chi connectivity index (χ0v) is 15.8. The van der Waals surface area contributed by atoms with Crippen LogP contribution in [0.5, 0.6) is 0 Å². The molecule has 138 valence electrons. The van der Waals surface area contributed by atoms with E-state index in [-0.39, 0.29) is 29.8 Å². The quantitative estimate of drug-likeness (QED) is 0.753. The highest BCUT2D eigenvalue weighted by Crippen LogP contribution is 2.67. The van der Waals surface area contributed by atoms with Crippen LogP contribution in [0.4, 0.5) is 0 Å². The zero-order valence-electron chi connectivity index (χ0n) is 15.8. The molecule has 0 aromatic rings. The van der Waals surface area contributed by atoms with E-state index >= 15 is 0 Å². The third kappa shape index (κ3) is 2.49. The highest BCUT2D eigenvalue weighted by Gasteiger charge is 2.61. The van der Waals surface area contributed by atoms with Gasteiger partial charge in [0.05, 0.1) is 6.10 Å². The van der Waals surface area contributed by atoms with E-state index in [2.05, 4.69) is 18.8 Å². The maximum Gasteiger partial charge on any atom is 0.362 e. The van der Waals surface area contributed by atoms with Crippen LogP contribution in [0.1, 0.15) is 71.6 Å². The number of carbonyl (C=O) groups excluding carboxylic acids is 1. The van der Waals surface area contributed by atoms with Gasteiger partial charge in [0.15, 0.2) is 0 Å². The van der Waals surface area contributed by atoms with Gasteiger partial charge in [-0.3, -0.25) is 4.79 Å². The van der Waals surface area contributed by atoms with Gasteiger partial charge in [-0.15, -0.1) is 0 Å². The van der Waals surface area contributed by atoms with Crippen LogP contribution in [0, 0.1) is 45.8 Å². The maximum absolute atomic E-state index is 12.5. The van der Waals surface area contributed by atoms with Gasteiger partial charge >= 0.3 is 6.54 Å². The fourth-order valence-corrected chi connectivity index (χ4v) is 7.94. The lowest BCUT2D eigenvalue weighted by Gasteiger charge is -2.60. The summed E-state index contributed by atoms with van der Waals surface area (Å²) in [6.07, 6.45) is 10.1. The molecule has 4 rings (SSSR count). The molecule has 0 bridgehead atoms. The number of ketones is 1. The van der Waals surface area contributed by atoms with Crippen molar-refractivity contribution in [3.8, 4) is 0 Å². The summed E-state index contributed by atoms with van der Waals surface area (Å²) >= 11 is 0. The van der Waals surface area contributed by atoms with Gasteiger partial charge < -0.3 is 5.11 Å². The van der Waals surface area contributed by atoms with Crippen LogP contribution < -0.4 is 0 Å². The average Bonchev–Trinajstić information content (AvgIpc) is 2.93. The lowest BCUT2D eigenvalue weighted by atomic mass is 9.44.